The fraction of sp³-hybridized carbons (Fsp3) is 0.706. The number of hydrogen-bond acceptors (Lipinski definition) is 4. The quantitative estimate of drug-likeness (QED) is 0.839. The molecule has 0 aromatic carbocycles. The van der Waals surface area contributed by atoms with Gasteiger partial charge in [-0.1, -0.05) is 20.8 Å². The summed E-state index contributed by atoms with van der Waals surface area (Å²) in [6.07, 6.45) is 1.54. The SMILES string of the molecule is CC(C)(C)c1ccc(=O)n(CC2CN(C(=O)C3CCCO3)C2)n1. The minimum atomic E-state index is -0.249. The van der Waals surface area contributed by atoms with Crippen LogP contribution in [0.4, 0.5) is 0 Å². The van der Waals surface area contributed by atoms with E-state index in [-0.39, 0.29) is 23.0 Å². The number of hydrogen-bond donors (Lipinski definition) is 0. The van der Waals surface area contributed by atoms with Crippen LogP contribution in [0.2, 0.25) is 0 Å². The van der Waals surface area contributed by atoms with E-state index in [1.807, 2.05) is 4.90 Å². The number of rotatable bonds is 3. The molecule has 6 nitrogen and oxygen atoms in total. The number of amides is 1. The molecule has 3 rings (SSSR count). The Kier molecular flexibility index (Phi) is 4.27. The third kappa shape index (κ3) is 3.47. The summed E-state index contributed by atoms with van der Waals surface area (Å²) in [5, 5.41) is 4.49. The molecular weight excluding hydrogens is 294 g/mol. The smallest absolute Gasteiger partial charge is 0.266 e. The van der Waals surface area contributed by atoms with E-state index < -0.39 is 0 Å². The third-order valence-corrected chi connectivity index (χ3v) is 4.54. The maximum atomic E-state index is 12.2. The molecular formula is C17H25N3O3. The normalized spacial score (nSPS) is 22.2. The van der Waals surface area contributed by atoms with Gasteiger partial charge in [0.15, 0.2) is 0 Å². The summed E-state index contributed by atoms with van der Waals surface area (Å²) in [5.74, 6) is 0.392. The maximum absolute atomic E-state index is 12.2. The van der Waals surface area contributed by atoms with Crippen molar-refractivity contribution in [1.29, 1.82) is 0 Å². The van der Waals surface area contributed by atoms with E-state index in [0.717, 1.165) is 18.5 Å². The molecule has 1 atom stereocenters. The van der Waals surface area contributed by atoms with Crippen LogP contribution in [0.1, 0.15) is 39.3 Å². The van der Waals surface area contributed by atoms with Crippen LogP contribution in [-0.4, -0.2) is 46.4 Å². The number of carbonyl (C=O) groups is 1. The van der Waals surface area contributed by atoms with Gasteiger partial charge in [0.05, 0.1) is 12.2 Å². The minimum absolute atomic E-state index is 0.0816. The molecule has 1 aromatic rings. The van der Waals surface area contributed by atoms with Crippen LogP contribution in [-0.2, 0) is 21.5 Å². The van der Waals surface area contributed by atoms with Gasteiger partial charge in [0.1, 0.15) is 6.10 Å². The lowest BCUT2D eigenvalue weighted by molar-refractivity contribution is -0.147. The second kappa shape index (κ2) is 6.07. The molecule has 1 amide bonds. The first-order valence-corrected chi connectivity index (χ1v) is 8.33. The first-order valence-electron chi connectivity index (χ1n) is 8.33. The van der Waals surface area contributed by atoms with Crippen molar-refractivity contribution < 1.29 is 9.53 Å². The molecule has 2 fully saturated rings. The Labute approximate surface area is 136 Å². The Morgan fingerprint density at radius 1 is 1.35 bits per heavy atom. The van der Waals surface area contributed by atoms with Crippen molar-refractivity contribution in [2.45, 2.75) is 51.7 Å². The van der Waals surface area contributed by atoms with Gasteiger partial charge < -0.3 is 9.64 Å². The zero-order chi connectivity index (χ0) is 16.6. The molecule has 0 saturated carbocycles. The van der Waals surface area contributed by atoms with Crippen LogP contribution in [0.25, 0.3) is 0 Å². The van der Waals surface area contributed by atoms with Crippen LogP contribution < -0.4 is 5.56 Å². The van der Waals surface area contributed by atoms with Crippen molar-refractivity contribution in [1.82, 2.24) is 14.7 Å². The Morgan fingerprint density at radius 2 is 2.09 bits per heavy atom. The van der Waals surface area contributed by atoms with Gasteiger partial charge in [-0.15, -0.1) is 0 Å². The van der Waals surface area contributed by atoms with Gasteiger partial charge >= 0.3 is 0 Å². The van der Waals surface area contributed by atoms with Crippen LogP contribution in [0.3, 0.4) is 0 Å². The van der Waals surface area contributed by atoms with Crippen molar-refractivity contribution in [3.05, 3.63) is 28.2 Å². The van der Waals surface area contributed by atoms with Crippen LogP contribution in [0.15, 0.2) is 16.9 Å². The number of carbonyl (C=O) groups excluding carboxylic acids is 1. The van der Waals surface area contributed by atoms with Crippen molar-refractivity contribution in [3.63, 3.8) is 0 Å². The van der Waals surface area contributed by atoms with Crippen LogP contribution in [0.5, 0.6) is 0 Å². The van der Waals surface area contributed by atoms with Crippen molar-refractivity contribution in [2.24, 2.45) is 5.92 Å². The zero-order valence-corrected chi connectivity index (χ0v) is 14.1. The predicted octanol–water partition coefficient (Wildman–Crippen LogP) is 1.18. The number of likely N-dealkylation sites (tertiary alicyclic amines) is 1. The van der Waals surface area contributed by atoms with Gasteiger partial charge in [-0.05, 0) is 18.9 Å². The number of aromatic nitrogens is 2. The summed E-state index contributed by atoms with van der Waals surface area (Å²) in [5.41, 5.74) is 0.738. The number of ether oxygens (including phenoxy) is 1. The van der Waals surface area contributed by atoms with E-state index >= 15 is 0 Å². The molecule has 126 valence electrons. The Hall–Kier alpha value is -1.69. The summed E-state index contributed by atoms with van der Waals surface area (Å²) in [4.78, 5) is 26.0. The fourth-order valence-corrected chi connectivity index (χ4v) is 3.07. The highest BCUT2D eigenvalue weighted by Gasteiger charge is 2.36. The molecule has 1 unspecified atom stereocenters. The summed E-state index contributed by atoms with van der Waals surface area (Å²) in [6.45, 7) is 8.87. The molecule has 0 radical (unpaired) electrons. The van der Waals surface area contributed by atoms with Crippen LogP contribution >= 0.6 is 0 Å². The summed E-state index contributed by atoms with van der Waals surface area (Å²) in [6, 6.07) is 3.38. The van der Waals surface area contributed by atoms with E-state index in [2.05, 4.69) is 25.9 Å². The van der Waals surface area contributed by atoms with E-state index in [4.69, 9.17) is 4.74 Å². The lowest BCUT2D eigenvalue weighted by Crippen LogP contribution is -2.55. The topological polar surface area (TPSA) is 64.4 Å². The largest absolute Gasteiger partial charge is 0.368 e. The average molecular weight is 319 g/mol. The monoisotopic (exact) mass is 319 g/mol. The molecule has 0 spiro atoms. The molecule has 0 bridgehead atoms. The van der Waals surface area contributed by atoms with Gasteiger partial charge in [0.25, 0.3) is 11.5 Å². The van der Waals surface area contributed by atoms with Gasteiger partial charge in [-0.25, -0.2) is 4.68 Å². The van der Waals surface area contributed by atoms with Gasteiger partial charge in [0, 0.05) is 37.1 Å². The first-order chi connectivity index (χ1) is 10.8. The molecule has 2 aliphatic rings. The van der Waals surface area contributed by atoms with Gasteiger partial charge in [-0.2, -0.15) is 5.10 Å². The van der Waals surface area contributed by atoms with Crippen LogP contribution in [0, 0.1) is 5.92 Å². The lowest BCUT2D eigenvalue weighted by Gasteiger charge is -2.40. The van der Waals surface area contributed by atoms with Crippen molar-refractivity contribution in [3.8, 4) is 0 Å². The molecule has 0 N–H and O–H groups in total. The highest BCUT2D eigenvalue weighted by Crippen LogP contribution is 2.23. The molecule has 2 saturated heterocycles. The second-order valence-corrected chi connectivity index (χ2v) is 7.60. The first kappa shape index (κ1) is 16.2. The fourth-order valence-electron chi connectivity index (χ4n) is 3.07. The Morgan fingerprint density at radius 3 is 2.70 bits per heavy atom. The van der Waals surface area contributed by atoms with E-state index in [0.29, 0.717) is 32.2 Å². The molecule has 2 aliphatic heterocycles. The average Bonchev–Trinajstić information content (AvgIpc) is 2.96. The highest BCUT2D eigenvalue weighted by atomic mass is 16.5. The lowest BCUT2D eigenvalue weighted by atomic mass is 9.92. The molecule has 1 aromatic heterocycles. The summed E-state index contributed by atoms with van der Waals surface area (Å²) < 4.78 is 6.98. The zero-order valence-electron chi connectivity index (χ0n) is 14.1. The summed E-state index contributed by atoms with van der Waals surface area (Å²) >= 11 is 0. The van der Waals surface area contributed by atoms with Crippen molar-refractivity contribution >= 4 is 5.91 Å². The van der Waals surface area contributed by atoms with Gasteiger partial charge in [-0.3, -0.25) is 9.59 Å². The van der Waals surface area contributed by atoms with E-state index in [1.165, 1.54) is 0 Å². The van der Waals surface area contributed by atoms with Gasteiger partial charge in [0.2, 0.25) is 0 Å². The third-order valence-electron chi connectivity index (χ3n) is 4.54. The molecule has 3 heterocycles. The maximum Gasteiger partial charge on any atom is 0.266 e. The van der Waals surface area contributed by atoms with E-state index in [1.54, 1.807) is 16.8 Å². The molecule has 0 aliphatic carbocycles. The Balaban J connectivity index is 1.59. The second-order valence-electron chi connectivity index (χ2n) is 7.60. The summed E-state index contributed by atoms with van der Waals surface area (Å²) in [7, 11) is 0. The standard InChI is InChI=1S/C17H25N3O3/c1-17(2,3)14-6-7-15(21)20(18-14)11-12-9-19(10-12)16(22)13-5-4-8-23-13/h6-7,12-13H,4-5,8-11H2,1-3H3. The minimum Gasteiger partial charge on any atom is -0.368 e. The Bertz CT molecular complexity index is 635. The predicted molar refractivity (Wildman–Crippen MR) is 86.2 cm³/mol. The highest BCUT2D eigenvalue weighted by molar-refractivity contribution is 5.81. The number of nitrogens with zero attached hydrogens (tertiary/aromatic N) is 3. The molecule has 6 heteroatoms. The molecule has 23 heavy (non-hydrogen) atoms. The van der Waals surface area contributed by atoms with Crippen molar-refractivity contribution in [2.75, 3.05) is 19.7 Å². The van der Waals surface area contributed by atoms with E-state index in [9.17, 15) is 9.59 Å².